The minimum absolute atomic E-state index is 0.282. The van der Waals surface area contributed by atoms with E-state index in [0.29, 0.717) is 17.1 Å². The lowest BCUT2D eigenvalue weighted by atomic mass is 10.2. The maximum Gasteiger partial charge on any atom is 0.129 e. The molecule has 1 heterocycles. The molecule has 1 aromatic heterocycles. The van der Waals surface area contributed by atoms with Gasteiger partial charge < -0.3 is 5.32 Å². The maximum absolute atomic E-state index is 13.6. The van der Waals surface area contributed by atoms with E-state index in [1.807, 2.05) is 6.92 Å². The zero-order chi connectivity index (χ0) is 13.0. The van der Waals surface area contributed by atoms with Crippen LogP contribution >= 0.6 is 11.6 Å². The molecule has 0 spiro atoms. The smallest absolute Gasteiger partial charge is 0.129 e. The van der Waals surface area contributed by atoms with Gasteiger partial charge in [0.15, 0.2) is 0 Å². The summed E-state index contributed by atoms with van der Waals surface area (Å²) in [6, 6.07) is 4.63. The van der Waals surface area contributed by atoms with Crippen LogP contribution in [0.1, 0.15) is 18.2 Å². The number of nitrogens with zero attached hydrogens (tertiary/aromatic N) is 3. The summed E-state index contributed by atoms with van der Waals surface area (Å²) in [7, 11) is 0. The number of benzene rings is 1. The third-order valence-electron chi connectivity index (χ3n) is 2.52. The average Bonchev–Trinajstić information content (AvgIpc) is 2.79. The molecule has 4 nitrogen and oxygen atoms in total. The van der Waals surface area contributed by atoms with E-state index in [2.05, 4.69) is 15.6 Å². The summed E-state index contributed by atoms with van der Waals surface area (Å²) >= 11 is 5.96. The fourth-order valence-corrected chi connectivity index (χ4v) is 1.82. The first kappa shape index (κ1) is 13.0. The van der Waals surface area contributed by atoms with Gasteiger partial charge in [-0.15, -0.1) is 5.10 Å². The van der Waals surface area contributed by atoms with Gasteiger partial charge in [0.25, 0.3) is 0 Å². The van der Waals surface area contributed by atoms with Crippen LogP contribution in [0.2, 0.25) is 5.02 Å². The van der Waals surface area contributed by atoms with Crippen molar-refractivity contribution in [3.05, 3.63) is 46.5 Å². The summed E-state index contributed by atoms with van der Waals surface area (Å²) in [5, 5.41) is 11.5. The Bertz CT molecular complexity index is 506. The second-order valence-electron chi connectivity index (χ2n) is 3.89. The molecule has 18 heavy (non-hydrogen) atoms. The number of hydrogen-bond acceptors (Lipinski definition) is 3. The topological polar surface area (TPSA) is 42.7 Å². The second-order valence-corrected chi connectivity index (χ2v) is 4.30. The van der Waals surface area contributed by atoms with Crippen molar-refractivity contribution in [1.82, 2.24) is 20.3 Å². The molecule has 1 aromatic carbocycles. The van der Waals surface area contributed by atoms with Crippen LogP contribution in [0, 0.1) is 5.82 Å². The van der Waals surface area contributed by atoms with Crippen LogP contribution in [0.4, 0.5) is 4.39 Å². The molecule has 0 fully saturated rings. The van der Waals surface area contributed by atoms with Crippen molar-refractivity contribution in [1.29, 1.82) is 0 Å². The zero-order valence-corrected chi connectivity index (χ0v) is 10.8. The summed E-state index contributed by atoms with van der Waals surface area (Å²) in [6.07, 6.45) is 1.78. The van der Waals surface area contributed by atoms with Crippen LogP contribution in [-0.4, -0.2) is 21.5 Å². The van der Waals surface area contributed by atoms with Gasteiger partial charge in [0.2, 0.25) is 0 Å². The predicted molar refractivity (Wildman–Crippen MR) is 67.9 cm³/mol. The normalized spacial score (nSPS) is 10.8. The lowest BCUT2D eigenvalue weighted by molar-refractivity contribution is 0.577. The molecule has 0 aliphatic carbocycles. The molecule has 0 radical (unpaired) electrons. The first-order chi connectivity index (χ1) is 8.70. The number of aromatic nitrogens is 3. The summed E-state index contributed by atoms with van der Waals surface area (Å²) in [6.45, 7) is 3.82. The molecule has 2 rings (SSSR count). The van der Waals surface area contributed by atoms with Crippen molar-refractivity contribution < 1.29 is 4.39 Å². The molecule has 0 aliphatic heterocycles. The molecule has 0 aliphatic rings. The van der Waals surface area contributed by atoms with Crippen LogP contribution in [-0.2, 0) is 13.1 Å². The molecule has 0 amide bonds. The molecule has 96 valence electrons. The Hall–Kier alpha value is -1.46. The molecule has 0 bridgehead atoms. The summed E-state index contributed by atoms with van der Waals surface area (Å²) in [4.78, 5) is 0. The second kappa shape index (κ2) is 5.93. The molecule has 2 aromatic rings. The third kappa shape index (κ3) is 3.05. The molecule has 0 atom stereocenters. The highest BCUT2D eigenvalue weighted by atomic mass is 35.5. The van der Waals surface area contributed by atoms with Gasteiger partial charge in [-0.3, -0.25) is 0 Å². The van der Waals surface area contributed by atoms with Gasteiger partial charge in [0.05, 0.1) is 18.4 Å². The first-order valence-corrected chi connectivity index (χ1v) is 6.11. The number of halogens is 2. The standard InChI is InChI=1S/C12H14ClFN4/c1-2-15-6-9-7-18(17-16-9)8-10-11(13)4-3-5-12(10)14/h3-5,7,15H,2,6,8H2,1H3. The fourth-order valence-electron chi connectivity index (χ4n) is 1.60. The maximum atomic E-state index is 13.6. The van der Waals surface area contributed by atoms with Gasteiger partial charge in [0, 0.05) is 17.1 Å². The van der Waals surface area contributed by atoms with Crippen LogP contribution < -0.4 is 5.32 Å². The number of rotatable bonds is 5. The van der Waals surface area contributed by atoms with Crippen LogP contribution in [0.25, 0.3) is 0 Å². The van der Waals surface area contributed by atoms with E-state index in [9.17, 15) is 4.39 Å². The van der Waals surface area contributed by atoms with E-state index in [4.69, 9.17) is 11.6 Å². The lowest BCUT2D eigenvalue weighted by Gasteiger charge is -2.04. The van der Waals surface area contributed by atoms with E-state index in [1.165, 1.54) is 6.07 Å². The van der Waals surface area contributed by atoms with Gasteiger partial charge in [0.1, 0.15) is 5.82 Å². The molecule has 1 N–H and O–H groups in total. The van der Waals surface area contributed by atoms with Gasteiger partial charge in [-0.25, -0.2) is 9.07 Å². The Morgan fingerprint density at radius 3 is 3.00 bits per heavy atom. The highest BCUT2D eigenvalue weighted by molar-refractivity contribution is 6.31. The van der Waals surface area contributed by atoms with E-state index in [-0.39, 0.29) is 12.4 Å². The van der Waals surface area contributed by atoms with Crippen molar-refractivity contribution in [2.45, 2.75) is 20.0 Å². The predicted octanol–water partition coefficient (Wildman–Crippen LogP) is 2.23. The van der Waals surface area contributed by atoms with Crippen molar-refractivity contribution >= 4 is 11.6 Å². The van der Waals surface area contributed by atoms with Crippen molar-refractivity contribution in [3.63, 3.8) is 0 Å². The lowest BCUT2D eigenvalue weighted by Crippen LogP contribution is -2.11. The Balaban J connectivity index is 2.11. The van der Waals surface area contributed by atoms with Crippen LogP contribution in [0.5, 0.6) is 0 Å². The summed E-state index contributed by atoms with van der Waals surface area (Å²) in [5.74, 6) is -0.328. The minimum atomic E-state index is -0.328. The number of nitrogens with one attached hydrogen (secondary N) is 1. The third-order valence-corrected chi connectivity index (χ3v) is 2.88. The molecule has 6 heteroatoms. The molecular weight excluding hydrogens is 255 g/mol. The molecular formula is C12H14ClFN4. The Morgan fingerprint density at radius 1 is 1.44 bits per heavy atom. The quantitative estimate of drug-likeness (QED) is 0.904. The van der Waals surface area contributed by atoms with Crippen molar-refractivity contribution in [3.8, 4) is 0 Å². The van der Waals surface area contributed by atoms with Crippen molar-refractivity contribution in [2.24, 2.45) is 0 Å². The Morgan fingerprint density at radius 2 is 2.28 bits per heavy atom. The highest BCUT2D eigenvalue weighted by Crippen LogP contribution is 2.19. The fraction of sp³-hybridized carbons (Fsp3) is 0.333. The number of hydrogen-bond donors (Lipinski definition) is 1. The van der Waals surface area contributed by atoms with Gasteiger partial charge in [-0.1, -0.05) is 29.8 Å². The van der Waals surface area contributed by atoms with Crippen molar-refractivity contribution in [2.75, 3.05) is 6.54 Å². The largest absolute Gasteiger partial charge is 0.311 e. The first-order valence-electron chi connectivity index (χ1n) is 5.73. The monoisotopic (exact) mass is 268 g/mol. The van der Waals surface area contributed by atoms with E-state index < -0.39 is 0 Å². The van der Waals surface area contributed by atoms with Gasteiger partial charge in [-0.05, 0) is 18.7 Å². The van der Waals surface area contributed by atoms with E-state index in [1.54, 1.807) is 23.0 Å². The Kier molecular flexibility index (Phi) is 4.28. The molecule has 0 saturated heterocycles. The molecule has 0 saturated carbocycles. The molecule has 0 unspecified atom stereocenters. The van der Waals surface area contributed by atoms with Gasteiger partial charge >= 0.3 is 0 Å². The summed E-state index contributed by atoms with van der Waals surface area (Å²) in [5.41, 5.74) is 1.25. The minimum Gasteiger partial charge on any atom is -0.311 e. The van der Waals surface area contributed by atoms with E-state index in [0.717, 1.165) is 12.2 Å². The van der Waals surface area contributed by atoms with Crippen LogP contribution in [0.15, 0.2) is 24.4 Å². The summed E-state index contributed by atoms with van der Waals surface area (Å²) < 4.78 is 15.2. The SMILES string of the molecule is CCNCc1cn(Cc2c(F)cccc2Cl)nn1. The average molecular weight is 269 g/mol. The van der Waals surface area contributed by atoms with Gasteiger partial charge in [-0.2, -0.15) is 0 Å². The Labute approximate surface area is 110 Å². The van der Waals surface area contributed by atoms with Crippen LogP contribution in [0.3, 0.4) is 0 Å². The zero-order valence-electron chi connectivity index (χ0n) is 10.0. The van der Waals surface area contributed by atoms with E-state index >= 15 is 0 Å². The highest BCUT2D eigenvalue weighted by Gasteiger charge is 2.09.